The third-order valence-electron chi connectivity index (χ3n) is 3.69. The lowest BCUT2D eigenvalue weighted by Crippen LogP contribution is -2.36. The lowest BCUT2D eigenvalue weighted by Gasteiger charge is -2.10. The molecule has 148 valence electrons. The number of benzene rings is 1. The van der Waals surface area contributed by atoms with Crippen molar-refractivity contribution in [3.63, 3.8) is 0 Å². The highest BCUT2D eigenvalue weighted by Gasteiger charge is 2.33. The van der Waals surface area contributed by atoms with Crippen LogP contribution in [0, 0.1) is 0 Å². The maximum atomic E-state index is 12.6. The van der Waals surface area contributed by atoms with Crippen molar-refractivity contribution in [2.24, 2.45) is 4.99 Å². The van der Waals surface area contributed by atoms with Gasteiger partial charge < -0.3 is 10.6 Å². The molecule has 0 radical (unpaired) electrons. The number of aliphatic imine (C=N–C) groups is 1. The number of hydrogen-bond donors (Lipinski definition) is 2. The molecule has 3 rings (SSSR count). The summed E-state index contributed by atoms with van der Waals surface area (Å²) in [5, 5.41) is 11.7. The first-order chi connectivity index (χ1) is 13.5. The molecular formula is C18H19F3N6S. The van der Waals surface area contributed by atoms with Crippen molar-refractivity contribution >= 4 is 17.3 Å². The number of hydrogen-bond acceptors (Lipinski definition) is 4. The van der Waals surface area contributed by atoms with Crippen LogP contribution >= 0.6 is 11.3 Å². The molecule has 0 fully saturated rings. The van der Waals surface area contributed by atoms with E-state index in [1.165, 1.54) is 0 Å². The van der Waals surface area contributed by atoms with Gasteiger partial charge in [-0.05, 0) is 30.7 Å². The Morgan fingerprint density at radius 1 is 1.25 bits per heavy atom. The van der Waals surface area contributed by atoms with Crippen LogP contribution in [0.1, 0.15) is 23.2 Å². The van der Waals surface area contributed by atoms with Gasteiger partial charge >= 0.3 is 6.18 Å². The molecule has 0 unspecified atom stereocenters. The van der Waals surface area contributed by atoms with Crippen molar-refractivity contribution in [1.29, 1.82) is 0 Å². The highest BCUT2D eigenvalue weighted by atomic mass is 32.1. The van der Waals surface area contributed by atoms with E-state index in [2.05, 4.69) is 25.7 Å². The zero-order valence-electron chi connectivity index (χ0n) is 15.1. The van der Waals surface area contributed by atoms with Gasteiger partial charge in [0.2, 0.25) is 0 Å². The van der Waals surface area contributed by atoms with Gasteiger partial charge in [-0.15, -0.1) is 11.3 Å². The van der Waals surface area contributed by atoms with E-state index in [-0.39, 0.29) is 6.54 Å². The SMILES string of the molecule is CCNC(=NCc1cccc(-n2cccn2)c1)NCc1nc(C(F)(F)F)cs1. The molecule has 6 nitrogen and oxygen atoms in total. The summed E-state index contributed by atoms with van der Waals surface area (Å²) in [5.41, 5.74) is 1.05. The van der Waals surface area contributed by atoms with E-state index in [0.29, 0.717) is 24.1 Å². The van der Waals surface area contributed by atoms with Gasteiger partial charge in [0.05, 0.1) is 18.8 Å². The largest absolute Gasteiger partial charge is 0.434 e. The van der Waals surface area contributed by atoms with Crippen LogP contribution < -0.4 is 10.6 Å². The molecule has 0 atom stereocenters. The predicted molar refractivity (Wildman–Crippen MR) is 102 cm³/mol. The first-order valence-corrected chi connectivity index (χ1v) is 9.46. The summed E-state index contributed by atoms with van der Waals surface area (Å²) in [7, 11) is 0. The van der Waals surface area contributed by atoms with Crippen molar-refractivity contribution in [2.75, 3.05) is 6.54 Å². The Balaban J connectivity index is 1.64. The van der Waals surface area contributed by atoms with Crippen LogP contribution in [0.3, 0.4) is 0 Å². The van der Waals surface area contributed by atoms with E-state index < -0.39 is 11.9 Å². The number of nitrogens with one attached hydrogen (secondary N) is 2. The minimum Gasteiger partial charge on any atom is -0.357 e. The Labute approximate surface area is 164 Å². The van der Waals surface area contributed by atoms with Gasteiger partial charge in [-0.25, -0.2) is 14.7 Å². The molecule has 0 spiro atoms. The van der Waals surface area contributed by atoms with E-state index in [9.17, 15) is 13.2 Å². The van der Waals surface area contributed by atoms with Gasteiger partial charge in [0.15, 0.2) is 11.7 Å². The second-order valence-electron chi connectivity index (χ2n) is 5.79. The first-order valence-electron chi connectivity index (χ1n) is 8.58. The van der Waals surface area contributed by atoms with Crippen molar-refractivity contribution in [2.45, 2.75) is 26.2 Å². The Morgan fingerprint density at radius 2 is 2.11 bits per heavy atom. The molecular weight excluding hydrogens is 389 g/mol. The van der Waals surface area contributed by atoms with Crippen molar-refractivity contribution in [3.8, 4) is 5.69 Å². The molecule has 28 heavy (non-hydrogen) atoms. The van der Waals surface area contributed by atoms with Crippen LogP contribution in [0.4, 0.5) is 13.2 Å². The molecule has 0 amide bonds. The maximum absolute atomic E-state index is 12.6. The Kier molecular flexibility index (Phi) is 6.30. The second-order valence-corrected chi connectivity index (χ2v) is 6.74. The number of alkyl halides is 3. The molecule has 2 heterocycles. The Morgan fingerprint density at radius 3 is 2.79 bits per heavy atom. The predicted octanol–water partition coefficient (Wildman–Crippen LogP) is 3.60. The van der Waals surface area contributed by atoms with Crippen LogP contribution in [-0.2, 0) is 19.3 Å². The topological polar surface area (TPSA) is 67.1 Å². The van der Waals surface area contributed by atoms with Crippen LogP contribution in [0.15, 0.2) is 53.1 Å². The van der Waals surface area contributed by atoms with Crippen molar-refractivity contribution < 1.29 is 13.2 Å². The molecule has 0 aliphatic heterocycles. The van der Waals surface area contributed by atoms with E-state index in [1.54, 1.807) is 10.9 Å². The summed E-state index contributed by atoms with van der Waals surface area (Å²) < 4.78 is 39.7. The fourth-order valence-electron chi connectivity index (χ4n) is 2.41. The van der Waals surface area contributed by atoms with Gasteiger partial charge in [-0.2, -0.15) is 18.3 Å². The van der Waals surface area contributed by atoms with Crippen molar-refractivity contribution in [3.05, 3.63) is 64.4 Å². The van der Waals surface area contributed by atoms with Gasteiger partial charge in [0, 0.05) is 24.3 Å². The van der Waals surface area contributed by atoms with Gasteiger partial charge in [-0.3, -0.25) is 0 Å². The molecule has 10 heteroatoms. The number of rotatable bonds is 6. The number of nitrogens with zero attached hydrogens (tertiary/aromatic N) is 4. The summed E-state index contributed by atoms with van der Waals surface area (Å²) in [4.78, 5) is 8.11. The molecule has 0 saturated carbocycles. The van der Waals surface area contributed by atoms with E-state index in [0.717, 1.165) is 28.0 Å². The summed E-state index contributed by atoms with van der Waals surface area (Å²) in [5.74, 6) is 0.510. The Bertz CT molecular complexity index is 918. The van der Waals surface area contributed by atoms with E-state index in [4.69, 9.17) is 0 Å². The average molecular weight is 408 g/mol. The molecule has 0 bridgehead atoms. The normalized spacial score (nSPS) is 12.2. The lowest BCUT2D eigenvalue weighted by molar-refractivity contribution is -0.140. The highest BCUT2D eigenvalue weighted by Crippen LogP contribution is 2.29. The minimum absolute atomic E-state index is 0.167. The smallest absolute Gasteiger partial charge is 0.357 e. The van der Waals surface area contributed by atoms with Gasteiger partial charge in [-0.1, -0.05) is 12.1 Å². The molecule has 2 N–H and O–H groups in total. The second kappa shape index (κ2) is 8.87. The zero-order valence-corrected chi connectivity index (χ0v) is 15.9. The number of thiazole rings is 1. The van der Waals surface area contributed by atoms with Crippen LogP contribution in [-0.4, -0.2) is 27.3 Å². The Hall–Kier alpha value is -2.88. The molecule has 0 saturated heterocycles. The van der Waals surface area contributed by atoms with Crippen LogP contribution in [0.25, 0.3) is 5.69 Å². The standard InChI is InChI=1S/C18H19F3N6S/c1-2-22-17(24-11-16-26-15(12-28-16)18(19,20)21)23-10-13-5-3-6-14(9-13)27-8-4-7-25-27/h3-9,12H,2,10-11H2,1H3,(H2,22,23,24). The first kappa shape index (κ1) is 19.9. The molecule has 1 aromatic carbocycles. The number of guanidine groups is 1. The number of halogens is 3. The summed E-state index contributed by atoms with van der Waals surface area (Å²) in [6.07, 6.45) is -0.856. The lowest BCUT2D eigenvalue weighted by atomic mass is 10.2. The van der Waals surface area contributed by atoms with Gasteiger partial charge in [0.25, 0.3) is 0 Å². The summed E-state index contributed by atoms with van der Waals surface area (Å²) >= 11 is 0.965. The quantitative estimate of drug-likeness (QED) is 0.483. The molecule has 2 aromatic heterocycles. The third kappa shape index (κ3) is 5.32. The molecule has 0 aliphatic rings. The minimum atomic E-state index is -4.42. The van der Waals surface area contributed by atoms with E-state index >= 15 is 0 Å². The fourth-order valence-corrected chi connectivity index (χ4v) is 3.15. The number of aromatic nitrogens is 3. The zero-order chi connectivity index (χ0) is 20.0. The molecule has 0 aliphatic carbocycles. The average Bonchev–Trinajstić information content (AvgIpc) is 3.36. The van der Waals surface area contributed by atoms with Crippen LogP contribution in [0.5, 0.6) is 0 Å². The monoisotopic (exact) mass is 408 g/mol. The fraction of sp³-hybridized carbons (Fsp3) is 0.278. The van der Waals surface area contributed by atoms with Crippen molar-refractivity contribution in [1.82, 2.24) is 25.4 Å². The van der Waals surface area contributed by atoms with E-state index in [1.807, 2.05) is 43.5 Å². The highest BCUT2D eigenvalue weighted by molar-refractivity contribution is 7.09. The third-order valence-corrected chi connectivity index (χ3v) is 4.54. The summed E-state index contributed by atoms with van der Waals surface area (Å²) in [6.45, 7) is 3.13. The summed E-state index contributed by atoms with van der Waals surface area (Å²) in [6, 6.07) is 9.66. The van der Waals surface area contributed by atoms with Gasteiger partial charge in [0.1, 0.15) is 5.01 Å². The van der Waals surface area contributed by atoms with Crippen LogP contribution in [0.2, 0.25) is 0 Å². The molecule has 3 aromatic rings. The maximum Gasteiger partial charge on any atom is 0.434 e.